The van der Waals surface area contributed by atoms with E-state index in [-0.39, 0.29) is 5.75 Å². The van der Waals surface area contributed by atoms with Gasteiger partial charge in [0.2, 0.25) is 0 Å². The van der Waals surface area contributed by atoms with Gasteiger partial charge in [-0.2, -0.15) is 0 Å². The highest BCUT2D eigenvalue weighted by Gasteiger charge is 2.12. The van der Waals surface area contributed by atoms with Crippen molar-refractivity contribution in [3.05, 3.63) is 42.0 Å². The summed E-state index contributed by atoms with van der Waals surface area (Å²) < 4.78 is 0. The van der Waals surface area contributed by atoms with E-state index in [0.29, 0.717) is 17.0 Å². The van der Waals surface area contributed by atoms with Gasteiger partial charge in [-0.15, -0.1) is 10.2 Å². The third-order valence-corrected chi connectivity index (χ3v) is 4.13. The Morgan fingerprint density at radius 1 is 0.972 bits per heavy atom. The zero-order chi connectivity index (χ0) is 28.4. The van der Waals surface area contributed by atoms with Crippen molar-refractivity contribution in [2.45, 2.75) is 75.2 Å². The second-order valence-corrected chi connectivity index (χ2v) is 7.22. The maximum atomic E-state index is 10.4. The minimum atomic E-state index is 0.0989. The lowest BCUT2D eigenvalue weighted by Crippen LogP contribution is -2.45. The highest BCUT2D eigenvalue weighted by Crippen LogP contribution is 2.21. The predicted octanol–water partition coefficient (Wildman–Crippen LogP) is 6.61. The van der Waals surface area contributed by atoms with E-state index < -0.39 is 0 Å². The number of hydrogen-bond acceptors (Lipinski definition) is 6. The SMILES string of the molecule is C=C/C(=N\N=C(/C)N1CCNCC1)c1ccc(C(C=NC)=NC)cc1O.CC.CC.CCC.CCC. The largest absolute Gasteiger partial charge is 0.507 e. The van der Waals surface area contributed by atoms with Gasteiger partial charge >= 0.3 is 0 Å². The Hall–Kier alpha value is -2.80. The molecular formula is C29H54N6O. The van der Waals surface area contributed by atoms with Gasteiger partial charge in [-0.3, -0.25) is 9.98 Å². The van der Waals surface area contributed by atoms with E-state index in [9.17, 15) is 5.11 Å². The van der Waals surface area contributed by atoms with E-state index in [1.165, 1.54) is 12.8 Å². The van der Waals surface area contributed by atoms with Gasteiger partial charge in [-0.1, -0.05) is 80.9 Å². The molecule has 1 heterocycles. The maximum absolute atomic E-state index is 10.4. The van der Waals surface area contributed by atoms with E-state index in [1.54, 1.807) is 38.5 Å². The standard InChI is InChI=1S/C19H26N6O.2C3H8.2C2H6/c1-5-17(24-23-14(2)25-10-8-22-9-11-25)16-7-6-15(12-19(16)26)18(21-4)13-20-3;2*1-3-2;2*1-2/h5-7,12-13,22,26H,1,8-11H2,2-4H3;2*3H2,1-2H3;2*1-2H3/b20-13?,21-18?,23-14+,24-17+;;;;. The molecule has 2 N–H and O–H groups in total. The van der Waals surface area contributed by atoms with Crippen molar-refractivity contribution < 1.29 is 5.11 Å². The Kier molecular flexibility index (Phi) is 28.1. The molecule has 0 amide bonds. The van der Waals surface area contributed by atoms with Gasteiger partial charge in [0.05, 0.1) is 11.4 Å². The number of rotatable bonds is 5. The van der Waals surface area contributed by atoms with Crippen LogP contribution in [0.4, 0.5) is 0 Å². The van der Waals surface area contributed by atoms with Crippen LogP contribution in [0.3, 0.4) is 0 Å². The Labute approximate surface area is 222 Å². The molecule has 2 rings (SSSR count). The van der Waals surface area contributed by atoms with Gasteiger partial charge in [0.15, 0.2) is 0 Å². The first-order chi connectivity index (χ1) is 17.4. The summed E-state index contributed by atoms with van der Waals surface area (Å²) in [5, 5.41) is 22.3. The lowest BCUT2D eigenvalue weighted by atomic mass is 10.0. The molecule has 0 aromatic heterocycles. The molecule has 1 aromatic rings. The summed E-state index contributed by atoms with van der Waals surface area (Å²) in [6.45, 7) is 25.9. The lowest BCUT2D eigenvalue weighted by molar-refractivity contribution is 0.355. The summed E-state index contributed by atoms with van der Waals surface area (Å²) >= 11 is 0. The molecule has 0 aliphatic carbocycles. The molecule has 1 saturated heterocycles. The van der Waals surface area contributed by atoms with Gasteiger partial charge in [-0.25, -0.2) is 0 Å². The van der Waals surface area contributed by atoms with E-state index in [2.05, 4.69) is 64.7 Å². The molecule has 0 unspecified atom stereocenters. The molecule has 36 heavy (non-hydrogen) atoms. The smallest absolute Gasteiger partial charge is 0.125 e. The molecule has 0 radical (unpaired) electrons. The van der Waals surface area contributed by atoms with Crippen molar-refractivity contribution in [1.29, 1.82) is 0 Å². The highest BCUT2D eigenvalue weighted by atomic mass is 16.3. The van der Waals surface area contributed by atoms with Gasteiger partial charge in [-0.05, 0) is 25.1 Å². The molecule has 0 bridgehead atoms. The monoisotopic (exact) mass is 502 g/mol. The number of nitrogens with one attached hydrogen (secondary N) is 1. The number of aliphatic imine (C=N–C) groups is 2. The Balaban J connectivity index is -0.000000950. The van der Waals surface area contributed by atoms with Crippen molar-refractivity contribution >= 4 is 23.5 Å². The highest BCUT2D eigenvalue weighted by molar-refractivity contribution is 6.38. The van der Waals surface area contributed by atoms with Crippen LogP contribution >= 0.6 is 0 Å². The van der Waals surface area contributed by atoms with Crippen LogP contribution in [-0.2, 0) is 0 Å². The van der Waals surface area contributed by atoms with Crippen LogP contribution in [0.1, 0.15) is 86.3 Å². The lowest BCUT2D eigenvalue weighted by Gasteiger charge is -2.28. The first kappa shape index (κ1) is 37.7. The summed E-state index contributed by atoms with van der Waals surface area (Å²) in [5.41, 5.74) is 2.56. The number of phenolic OH excluding ortho intramolecular Hbond substituents is 1. The van der Waals surface area contributed by atoms with Crippen LogP contribution in [0.15, 0.2) is 51.0 Å². The molecular weight excluding hydrogens is 448 g/mol. The van der Waals surface area contributed by atoms with Gasteiger partial charge < -0.3 is 15.3 Å². The summed E-state index contributed by atoms with van der Waals surface area (Å²) in [7, 11) is 3.37. The van der Waals surface area contributed by atoms with Gasteiger partial charge in [0.25, 0.3) is 0 Å². The molecule has 206 valence electrons. The number of phenols is 1. The number of aromatic hydroxyl groups is 1. The summed E-state index contributed by atoms with van der Waals surface area (Å²) in [6.07, 6.45) is 5.74. The van der Waals surface area contributed by atoms with E-state index in [1.807, 2.05) is 40.7 Å². The van der Waals surface area contributed by atoms with Crippen LogP contribution in [0.5, 0.6) is 5.75 Å². The van der Waals surface area contributed by atoms with Crippen LogP contribution in [-0.4, -0.2) is 73.8 Å². The quantitative estimate of drug-likeness (QED) is 0.270. The fraction of sp³-hybridized carbons (Fsp3) is 0.586. The predicted molar refractivity (Wildman–Crippen MR) is 164 cm³/mol. The molecule has 0 atom stereocenters. The second kappa shape index (κ2) is 26.8. The fourth-order valence-electron chi connectivity index (χ4n) is 2.67. The van der Waals surface area contributed by atoms with Gasteiger partial charge in [0.1, 0.15) is 11.6 Å². The Bertz CT molecular complexity index is 789. The average molecular weight is 503 g/mol. The van der Waals surface area contributed by atoms with E-state index in [4.69, 9.17) is 0 Å². The molecule has 1 aliphatic rings. The zero-order valence-electron chi connectivity index (χ0n) is 25.0. The molecule has 1 aliphatic heterocycles. The topological polar surface area (TPSA) is 84.9 Å². The summed E-state index contributed by atoms with van der Waals surface area (Å²) in [4.78, 5) is 10.3. The Morgan fingerprint density at radius 2 is 1.50 bits per heavy atom. The number of nitrogens with zero attached hydrogens (tertiary/aromatic N) is 5. The molecule has 1 fully saturated rings. The summed E-state index contributed by atoms with van der Waals surface area (Å²) in [6, 6.07) is 5.30. The average Bonchev–Trinajstić information content (AvgIpc) is 2.92. The normalized spacial score (nSPS) is 13.6. The van der Waals surface area contributed by atoms with Crippen molar-refractivity contribution in [1.82, 2.24) is 10.2 Å². The van der Waals surface area contributed by atoms with E-state index >= 15 is 0 Å². The van der Waals surface area contributed by atoms with Crippen LogP contribution in [0, 0.1) is 0 Å². The second-order valence-electron chi connectivity index (χ2n) is 7.22. The van der Waals surface area contributed by atoms with Crippen molar-refractivity contribution in [3.8, 4) is 5.75 Å². The van der Waals surface area contributed by atoms with E-state index in [0.717, 1.165) is 37.6 Å². The molecule has 1 aromatic carbocycles. The first-order valence-electron chi connectivity index (χ1n) is 13.4. The minimum absolute atomic E-state index is 0.0989. The summed E-state index contributed by atoms with van der Waals surface area (Å²) in [5.74, 6) is 0.948. The van der Waals surface area contributed by atoms with Crippen molar-refractivity contribution in [2.24, 2.45) is 20.2 Å². The molecule has 0 spiro atoms. The number of allylic oxidation sites excluding steroid dienone is 1. The molecule has 7 heteroatoms. The van der Waals surface area contributed by atoms with Crippen LogP contribution in [0.2, 0.25) is 0 Å². The number of hydrogen-bond donors (Lipinski definition) is 2. The number of piperazine rings is 1. The minimum Gasteiger partial charge on any atom is -0.507 e. The van der Waals surface area contributed by atoms with Crippen LogP contribution < -0.4 is 5.32 Å². The van der Waals surface area contributed by atoms with Crippen LogP contribution in [0.25, 0.3) is 0 Å². The number of amidine groups is 1. The maximum Gasteiger partial charge on any atom is 0.125 e. The molecule has 7 nitrogen and oxygen atoms in total. The van der Waals surface area contributed by atoms with Gasteiger partial charge in [0, 0.05) is 57.6 Å². The first-order valence-corrected chi connectivity index (χ1v) is 13.4. The third kappa shape index (κ3) is 16.0. The molecule has 0 saturated carbocycles. The fourth-order valence-corrected chi connectivity index (χ4v) is 2.67. The van der Waals surface area contributed by atoms with Crippen molar-refractivity contribution in [2.75, 3.05) is 40.3 Å². The van der Waals surface area contributed by atoms with Crippen molar-refractivity contribution in [3.63, 3.8) is 0 Å². The zero-order valence-corrected chi connectivity index (χ0v) is 25.0. The third-order valence-electron chi connectivity index (χ3n) is 4.13. The Morgan fingerprint density at radius 3 is 1.92 bits per heavy atom. The number of benzene rings is 1.